The van der Waals surface area contributed by atoms with Gasteiger partial charge >= 0.3 is 6.03 Å². The number of anilines is 1. The molecule has 1 rings (SSSR count). The van der Waals surface area contributed by atoms with Crippen LogP contribution in [0.5, 0.6) is 0 Å². The number of benzene rings is 1. The molecule has 0 aliphatic heterocycles. The first-order valence-electron chi connectivity index (χ1n) is 4.83. The number of nitrogens with zero attached hydrogens (tertiary/aromatic N) is 1. The molecule has 0 unspecified atom stereocenters. The maximum absolute atomic E-state index is 11.2. The number of rotatable bonds is 3. The second-order valence-electron chi connectivity index (χ2n) is 3.74. The van der Waals surface area contributed by atoms with Gasteiger partial charge in [0.05, 0.1) is 0 Å². The van der Waals surface area contributed by atoms with E-state index in [4.69, 9.17) is 11.5 Å². The first kappa shape index (κ1) is 12.0. The van der Waals surface area contributed by atoms with Crippen LogP contribution in [-0.2, 0) is 4.79 Å². The van der Waals surface area contributed by atoms with E-state index in [1.54, 1.807) is 12.1 Å². The van der Waals surface area contributed by atoms with Gasteiger partial charge in [-0.1, -0.05) is 6.07 Å². The van der Waals surface area contributed by atoms with Crippen molar-refractivity contribution in [2.45, 2.75) is 13.8 Å². The van der Waals surface area contributed by atoms with Crippen LogP contribution in [0.3, 0.4) is 0 Å². The number of aryl methyl sites for hydroxylation is 2. The second kappa shape index (κ2) is 4.65. The minimum absolute atomic E-state index is 0.210. The molecule has 1 aromatic rings. The van der Waals surface area contributed by atoms with Crippen molar-refractivity contribution in [2.24, 2.45) is 11.5 Å². The summed E-state index contributed by atoms with van der Waals surface area (Å²) in [4.78, 5) is 23.2. The Morgan fingerprint density at radius 1 is 1.12 bits per heavy atom. The lowest BCUT2D eigenvalue weighted by Crippen LogP contribution is -2.41. The minimum atomic E-state index is -0.691. The highest BCUT2D eigenvalue weighted by Crippen LogP contribution is 2.18. The van der Waals surface area contributed by atoms with Gasteiger partial charge in [0.1, 0.15) is 6.54 Å². The molecule has 86 valence electrons. The Hall–Kier alpha value is -2.04. The van der Waals surface area contributed by atoms with Crippen molar-refractivity contribution < 1.29 is 9.59 Å². The van der Waals surface area contributed by atoms with E-state index in [0.29, 0.717) is 5.69 Å². The summed E-state index contributed by atoms with van der Waals surface area (Å²) in [5.74, 6) is -0.599. The molecular weight excluding hydrogens is 206 g/mol. The zero-order valence-corrected chi connectivity index (χ0v) is 9.36. The zero-order chi connectivity index (χ0) is 12.3. The average molecular weight is 221 g/mol. The van der Waals surface area contributed by atoms with E-state index in [1.165, 1.54) is 0 Å². The molecule has 0 spiro atoms. The maximum Gasteiger partial charge on any atom is 0.319 e. The topological polar surface area (TPSA) is 89.4 Å². The Morgan fingerprint density at radius 3 is 2.00 bits per heavy atom. The van der Waals surface area contributed by atoms with Gasteiger partial charge in [-0.2, -0.15) is 0 Å². The molecule has 0 aliphatic carbocycles. The van der Waals surface area contributed by atoms with E-state index in [9.17, 15) is 9.59 Å². The van der Waals surface area contributed by atoms with Crippen LogP contribution in [0.15, 0.2) is 18.2 Å². The van der Waals surface area contributed by atoms with Crippen LogP contribution < -0.4 is 16.4 Å². The number of carbonyl (C=O) groups excluding carboxylic acids is 2. The fourth-order valence-corrected chi connectivity index (χ4v) is 1.56. The van der Waals surface area contributed by atoms with Gasteiger partial charge in [0, 0.05) is 5.69 Å². The standard InChI is InChI=1S/C11H15N3O2/c1-7-3-8(2)5-9(4-7)14(11(13)16)6-10(12)15/h3-5H,6H2,1-2H3,(H2,12,15)(H2,13,16). The fraction of sp³-hybridized carbons (Fsp3) is 0.273. The van der Waals surface area contributed by atoms with Gasteiger partial charge in [-0.25, -0.2) is 4.79 Å². The molecule has 0 aromatic heterocycles. The Morgan fingerprint density at radius 2 is 1.62 bits per heavy atom. The van der Waals surface area contributed by atoms with Gasteiger partial charge in [-0.3, -0.25) is 9.69 Å². The van der Waals surface area contributed by atoms with Crippen LogP contribution in [0.4, 0.5) is 10.5 Å². The Bertz CT molecular complexity index is 409. The number of nitrogens with two attached hydrogens (primary N) is 2. The van der Waals surface area contributed by atoms with Crippen LogP contribution >= 0.6 is 0 Å². The van der Waals surface area contributed by atoms with E-state index in [2.05, 4.69) is 0 Å². The van der Waals surface area contributed by atoms with Gasteiger partial charge in [-0.15, -0.1) is 0 Å². The predicted molar refractivity (Wildman–Crippen MR) is 62.0 cm³/mol. The van der Waals surface area contributed by atoms with Gasteiger partial charge in [0.25, 0.3) is 0 Å². The molecule has 16 heavy (non-hydrogen) atoms. The quantitative estimate of drug-likeness (QED) is 0.785. The Balaban J connectivity index is 3.10. The molecular formula is C11H15N3O2. The molecule has 0 atom stereocenters. The molecule has 5 nitrogen and oxygen atoms in total. The number of hydrogen-bond donors (Lipinski definition) is 2. The highest BCUT2D eigenvalue weighted by atomic mass is 16.2. The molecule has 0 radical (unpaired) electrons. The summed E-state index contributed by atoms with van der Waals surface area (Å²) >= 11 is 0. The van der Waals surface area contributed by atoms with Crippen molar-refractivity contribution in [3.8, 4) is 0 Å². The number of urea groups is 1. The van der Waals surface area contributed by atoms with Crippen LogP contribution in [-0.4, -0.2) is 18.5 Å². The van der Waals surface area contributed by atoms with Crippen molar-refractivity contribution >= 4 is 17.6 Å². The van der Waals surface area contributed by atoms with E-state index in [0.717, 1.165) is 16.0 Å². The van der Waals surface area contributed by atoms with Gasteiger partial charge in [0.2, 0.25) is 5.91 Å². The Kier molecular flexibility index (Phi) is 3.50. The summed E-state index contributed by atoms with van der Waals surface area (Å²) in [5.41, 5.74) is 12.8. The van der Waals surface area contributed by atoms with Crippen LogP contribution in [0, 0.1) is 13.8 Å². The molecule has 3 amide bonds. The van der Waals surface area contributed by atoms with Gasteiger partial charge in [-0.05, 0) is 37.1 Å². The molecule has 0 saturated heterocycles. The number of hydrogen-bond acceptors (Lipinski definition) is 2. The predicted octanol–water partition coefficient (Wildman–Crippen LogP) is 0.674. The lowest BCUT2D eigenvalue weighted by Gasteiger charge is -2.19. The maximum atomic E-state index is 11.2. The molecule has 1 aromatic carbocycles. The number of carbonyl (C=O) groups is 2. The smallest absolute Gasteiger partial charge is 0.319 e. The normalized spacial score (nSPS) is 9.88. The number of primary amides is 2. The van der Waals surface area contributed by atoms with Crippen molar-refractivity contribution in [3.63, 3.8) is 0 Å². The van der Waals surface area contributed by atoms with Crippen LogP contribution in [0.2, 0.25) is 0 Å². The summed E-state index contributed by atoms with van der Waals surface area (Å²) in [6.07, 6.45) is 0. The molecule has 0 bridgehead atoms. The summed E-state index contributed by atoms with van der Waals surface area (Å²) < 4.78 is 0. The highest BCUT2D eigenvalue weighted by Gasteiger charge is 2.15. The first-order chi connectivity index (χ1) is 7.40. The first-order valence-corrected chi connectivity index (χ1v) is 4.83. The summed E-state index contributed by atoms with van der Waals surface area (Å²) in [6.45, 7) is 3.60. The summed E-state index contributed by atoms with van der Waals surface area (Å²) in [7, 11) is 0. The van der Waals surface area contributed by atoms with E-state index < -0.39 is 11.9 Å². The average Bonchev–Trinajstić information content (AvgIpc) is 2.11. The van der Waals surface area contributed by atoms with Crippen molar-refractivity contribution in [2.75, 3.05) is 11.4 Å². The van der Waals surface area contributed by atoms with Crippen molar-refractivity contribution in [1.29, 1.82) is 0 Å². The van der Waals surface area contributed by atoms with E-state index in [-0.39, 0.29) is 6.54 Å². The monoisotopic (exact) mass is 221 g/mol. The third-order valence-electron chi connectivity index (χ3n) is 2.10. The SMILES string of the molecule is Cc1cc(C)cc(N(CC(N)=O)C(N)=O)c1. The van der Waals surface area contributed by atoms with Crippen LogP contribution in [0.1, 0.15) is 11.1 Å². The van der Waals surface area contributed by atoms with Crippen LogP contribution in [0.25, 0.3) is 0 Å². The summed E-state index contributed by atoms with van der Waals surface area (Å²) in [5, 5.41) is 0. The molecule has 5 heteroatoms. The molecule has 4 N–H and O–H groups in total. The molecule has 0 aliphatic rings. The van der Waals surface area contributed by atoms with Gasteiger partial charge in [0.15, 0.2) is 0 Å². The fourth-order valence-electron chi connectivity index (χ4n) is 1.56. The molecule has 0 fully saturated rings. The third kappa shape index (κ3) is 2.98. The lowest BCUT2D eigenvalue weighted by atomic mass is 10.1. The molecule has 0 heterocycles. The lowest BCUT2D eigenvalue weighted by molar-refractivity contribution is -0.116. The van der Waals surface area contributed by atoms with E-state index in [1.807, 2.05) is 19.9 Å². The van der Waals surface area contributed by atoms with Crippen molar-refractivity contribution in [3.05, 3.63) is 29.3 Å². The zero-order valence-electron chi connectivity index (χ0n) is 9.36. The van der Waals surface area contributed by atoms with Gasteiger partial charge < -0.3 is 11.5 Å². The highest BCUT2D eigenvalue weighted by molar-refractivity contribution is 5.96. The van der Waals surface area contributed by atoms with Crippen molar-refractivity contribution in [1.82, 2.24) is 0 Å². The third-order valence-corrected chi connectivity index (χ3v) is 2.10. The largest absolute Gasteiger partial charge is 0.368 e. The summed E-state index contributed by atoms with van der Waals surface area (Å²) in [6, 6.07) is 4.83. The second-order valence-corrected chi connectivity index (χ2v) is 3.74. The Labute approximate surface area is 94.0 Å². The molecule has 0 saturated carbocycles. The minimum Gasteiger partial charge on any atom is -0.368 e. The van der Waals surface area contributed by atoms with E-state index >= 15 is 0 Å². The number of amides is 3.